The van der Waals surface area contributed by atoms with Gasteiger partial charge in [-0.15, -0.1) is 0 Å². The number of hydrogen-bond donors (Lipinski definition) is 2. The van der Waals surface area contributed by atoms with Crippen LogP contribution in [0.1, 0.15) is 31.7 Å². The van der Waals surface area contributed by atoms with Gasteiger partial charge in [-0.25, -0.2) is 4.98 Å². The maximum atomic E-state index is 10.3. The first kappa shape index (κ1) is 16.2. The van der Waals surface area contributed by atoms with Gasteiger partial charge in [-0.2, -0.15) is 0 Å². The molecule has 5 nitrogen and oxygen atoms in total. The Hall–Kier alpha value is -1.17. The van der Waals surface area contributed by atoms with Crippen molar-refractivity contribution in [3.8, 4) is 5.88 Å². The second-order valence-electron chi connectivity index (χ2n) is 5.96. The highest BCUT2D eigenvalue weighted by Gasteiger charge is 2.41. The van der Waals surface area contributed by atoms with Crippen LogP contribution in [0.4, 0.5) is 0 Å². The maximum absolute atomic E-state index is 10.3. The van der Waals surface area contributed by atoms with Gasteiger partial charge in [0.15, 0.2) is 0 Å². The summed E-state index contributed by atoms with van der Waals surface area (Å²) in [5.41, 5.74) is 0.641. The molecule has 0 unspecified atom stereocenters. The average molecular weight is 294 g/mol. The normalized spacial score (nSPS) is 26.8. The number of piperidine rings is 1. The van der Waals surface area contributed by atoms with Gasteiger partial charge in [-0.3, -0.25) is 4.90 Å². The molecule has 2 rings (SSSR count). The lowest BCUT2D eigenvalue weighted by Crippen LogP contribution is -2.53. The van der Waals surface area contributed by atoms with Crippen LogP contribution in [0.3, 0.4) is 0 Å². The maximum Gasteiger partial charge on any atom is 0.217 e. The Morgan fingerprint density at radius 3 is 3.00 bits per heavy atom. The van der Waals surface area contributed by atoms with Crippen molar-refractivity contribution in [3.05, 3.63) is 23.9 Å². The van der Waals surface area contributed by atoms with Gasteiger partial charge in [0.1, 0.15) is 0 Å². The van der Waals surface area contributed by atoms with E-state index in [0.717, 1.165) is 31.5 Å². The van der Waals surface area contributed by atoms with Crippen LogP contribution in [-0.2, 0) is 6.54 Å². The fourth-order valence-corrected chi connectivity index (χ4v) is 3.32. The monoisotopic (exact) mass is 294 g/mol. The van der Waals surface area contributed by atoms with Crippen molar-refractivity contribution in [3.63, 3.8) is 0 Å². The van der Waals surface area contributed by atoms with Gasteiger partial charge >= 0.3 is 0 Å². The minimum absolute atomic E-state index is 0.0304. The van der Waals surface area contributed by atoms with Gasteiger partial charge in [-0.05, 0) is 18.9 Å². The van der Waals surface area contributed by atoms with Crippen LogP contribution in [0.15, 0.2) is 18.3 Å². The summed E-state index contributed by atoms with van der Waals surface area (Å²) in [5, 5.41) is 20.1. The van der Waals surface area contributed by atoms with E-state index in [9.17, 15) is 10.2 Å². The number of aliphatic hydroxyl groups excluding tert-OH is 2. The second kappa shape index (κ2) is 7.20. The number of pyridine rings is 1. The molecule has 21 heavy (non-hydrogen) atoms. The lowest BCUT2D eigenvalue weighted by atomic mass is 9.74. The number of likely N-dealkylation sites (tertiary alicyclic amines) is 1. The molecule has 0 radical (unpaired) electrons. The third kappa shape index (κ3) is 3.54. The summed E-state index contributed by atoms with van der Waals surface area (Å²) in [5.74, 6) is 0.647. The topological polar surface area (TPSA) is 65.8 Å². The van der Waals surface area contributed by atoms with E-state index in [0.29, 0.717) is 18.8 Å². The van der Waals surface area contributed by atoms with Gasteiger partial charge in [-0.1, -0.05) is 19.4 Å². The molecule has 0 spiro atoms. The highest BCUT2D eigenvalue weighted by Crippen LogP contribution is 2.35. The van der Waals surface area contributed by atoms with Gasteiger partial charge in [0.2, 0.25) is 5.88 Å². The van der Waals surface area contributed by atoms with Crippen LogP contribution in [0.2, 0.25) is 0 Å². The molecule has 1 aliphatic heterocycles. The van der Waals surface area contributed by atoms with Gasteiger partial charge in [0.25, 0.3) is 0 Å². The number of ether oxygens (including phenoxy) is 1. The number of aliphatic hydroxyl groups is 2. The molecule has 5 heteroatoms. The standard InChI is InChI=1S/C16H26N2O3/c1-3-7-16(12-19)11-18(9-6-14(16)20)10-13-5-4-8-17-15(13)21-2/h4-5,8,14,19-20H,3,6-7,9-12H2,1-2H3/t14-,16-/m1/s1. The Kier molecular flexibility index (Phi) is 5.56. The fourth-order valence-electron chi connectivity index (χ4n) is 3.32. The second-order valence-corrected chi connectivity index (χ2v) is 5.96. The van der Waals surface area contributed by atoms with Crippen molar-refractivity contribution in [2.45, 2.75) is 38.8 Å². The first-order valence-electron chi connectivity index (χ1n) is 7.64. The molecule has 118 valence electrons. The molecule has 2 N–H and O–H groups in total. The Morgan fingerprint density at radius 1 is 1.52 bits per heavy atom. The number of methoxy groups -OCH3 is 1. The molecular weight excluding hydrogens is 268 g/mol. The van der Waals surface area contributed by atoms with Crippen LogP contribution in [0.25, 0.3) is 0 Å². The highest BCUT2D eigenvalue weighted by atomic mass is 16.5. The van der Waals surface area contributed by atoms with Crippen molar-refractivity contribution in [1.82, 2.24) is 9.88 Å². The van der Waals surface area contributed by atoms with Crippen LogP contribution in [-0.4, -0.2) is 53.0 Å². The molecule has 0 aliphatic carbocycles. The number of rotatable bonds is 6. The molecule has 0 saturated carbocycles. The van der Waals surface area contributed by atoms with Crippen LogP contribution < -0.4 is 4.74 Å². The van der Waals surface area contributed by atoms with Gasteiger partial charge in [0, 0.05) is 36.8 Å². The molecule has 1 aliphatic rings. The highest BCUT2D eigenvalue weighted by molar-refractivity contribution is 5.25. The first-order valence-corrected chi connectivity index (χ1v) is 7.64. The van der Waals surface area contributed by atoms with Crippen LogP contribution >= 0.6 is 0 Å². The van der Waals surface area contributed by atoms with Crippen molar-refractivity contribution >= 4 is 0 Å². The summed E-state index contributed by atoms with van der Waals surface area (Å²) in [6, 6.07) is 3.92. The number of aromatic nitrogens is 1. The van der Waals surface area contributed by atoms with Crippen molar-refractivity contribution < 1.29 is 14.9 Å². The van der Waals surface area contributed by atoms with Gasteiger partial charge in [0.05, 0.1) is 19.8 Å². The van der Waals surface area contributed by atoms with Crippen LogP contribution in [0.5, 0.6) is 5.88 Å². The van der Waals surface area contributed by atoms with E-state index in [1.165, 1.54) is 0 Å². The quantitative estimate of drug-likeness (QED) is 0.831. The van der Waals surface area contributed by atoms with Gasteiger partial charge < -0.3 is 14.9 Å². The van der Waals surface area contributed by atoms with E-state index in [2.05, 4.69) is 16.8 Å². The Bertz CT molecular complexity index is 455. The van der Waals surface area contributed by atoms with E-state index in [4.69, 9.17) is 4.74 Å². The molecule has 2 heterocycles. The summed E-state index contributed by atoms with van der Waals surface area (Å²) in [4.78, 5) is 6.50. The van der Waals surface area contributed by atoms with Crippen LogP contribution in [0, 0.1) is 5.41 Å². The molecule has 1 aromatic rings. The third-order valence-corrected chi connectivity index (χ3v) is 4.46. The van der Waals surface area contributed by atoms with Crippen molar-refractivity contribution in [2.24, 2.45) is 5.41 Å². The zero-order chi connectivity index (χ0) is 15.3. The van der Waals surface area contributed by atoms with Crippen molar-refractivity contribution in [2.75, 3.05) is 26.8 Å². The Balaban J connectivity index is 2.11. The lowest BCUT2D eigenvalue weighted by Gasteiger charge is -2.45. The van der Waals surface area contributed by atoms with E-state index < -0.39 is 11.5 Å². The summed E-state index contributed by atoms with van der Waals surface area (Å²) in [6.07, 6.45) is 3.79. The van der Waals surface area contributed by atoms with E-state index in [1.54, 1.807) is 13.3 Å². The fraction of sp³-hybridized carbons (Fsp3) is 0.688. The SMILES string of the molecule is CCC[C@]1(CO)CN(Cc2cccnc2OC)CC[C@H]1O. The number of hydrogen-bond acceptors (Lipinski definition) is 5. The molecular formula is C16H26N2O3. The van der Waals surface area contributed by atoms with Crippen molar-refractivity contribution in [1.29, 1.82) is 0 Å². The van der Waals surface area contributed by atoms with E-state index >= 15 is 0 Å². The predicted molar refractivity (Wildman–Crippen MR) is 81.1 cm³/mol. The smallest absolute Gasteiger partial charge is 0.217 e. The summed E-state index contributed by atoms with van der Waals surface area (Å²) >= 11 is 0. The zero-order valence-corrected chi connectivity index (χ0v) is 13.0. The molecule has 0 bridgehead atoms. The molecule has 0 amide bonds. The molecule has 1 fully saturated rings. The Morgan fingerprint density at radius 2 is 2.33 bits per heavy atom. The Labute approximate surface area is 126 Å². The summed E-state index contributed by atoms with van der Waals surface area (Å²) in [7, 11) is 1.63. The minimum Gasteiger partial charge on any atom is -0.481 e. The molecule has 1 saturated heterocycles. The summed E-state index contributed by atoms with van der Waals surface area (Å²) in [6.45, 7) is 4.38. The van der Waals surface area contributed by atoms with E-state index in [-0.39, 0.29) is 6.61 Å². The lowest BCUT2D eigenvalue weighted by molar-refractivity contribution is -0.0820. The molecule has 2 atom stereocenters. The third-order valence-electron chi connectivity index (χ3n) is 4.46. The molecule has 0 aromatic carbocycles. The zero-order valence-electron chi connectivity index (χ0n) is 13.0. The summed E-state index contributed by atoms with van der Waals surface area (Å²) < 4.78 is 5.30. The average Bonchev–Trinajstić information content (AvgIpc) is 2.51. The largest absolute Gasteiger partial charge is 0.481 e. The molecule has 1 aromatic heterocycles. The predicted octanol–water partition coefficient (Wildman–Crippen LogP) is 1.44. The minimum atomic E-state index is -0.422. The van der Waals surface area contributed by atoms with E-state index in [1.807, 2.05) is 12.1 Å². The number of nitrogens with zero attached hydrogens (tertiary/aromatic N) is 2. The first-order chi connectivity index (χ1) is 10.1.